The monoisotopic (exact) mass is 245 g/mol. The molecule has 18 heavy (non-hydrogen) atoms. The number of imidazole rings is 1. The molecule has 2 N–H and O–H groups in total. The Kier molecular flexibility index (Phi) is 3.19. The Hall–Kier alpha value is -1.55. The SMILES string of the molecule is Nc1nc2ccccc2n1CCC1CCCCO1. The summed E-state index contributed by atoms with van der Waals surface area (Å²) in [4.78, 5) is 4.38. The van der Waals surface area contributed by atoms with Gasteiger partial charge in [0, 0.05) is 13.2 Å². The number of fused-ring (bicyclic) bond motifs is 1. The summed E-state index contributed by atoms with van der Waals surface area (Å²) in [5, 5.41) is 0. The Bertz CT molecular complexity index is 529. The Morgan fingerprint density at radius 3 is 3.06 bits per heavy atom. The lowest BCUT2D eigenvalue weighted by Gasteiger charge is -2.22. The molecule has 96 valence electrons. The van der Waals surface area contributed by atoms with Crippen molar-refractivity contribution in [3.05, 3.63) is 24.3 Å². The van der Waals surface area contributed by atoms with E-state index in [0.717, 1.165) is 30.6 Å². The van der Waals surface area contributed by atoms with Crippen molar-refractivity contribution in [2.24, 2.45) is 0 Å². The minimum Gasteiger partial charge on any atom is -0.378 e. The van der Waals surface area contributed by atoms with E-state index in [-0.39, 0.29) is 0 Å². The van der Waals surface area contributed by atoms with E-state index in [2.05, 4.69) is 15.6 Å². The van der Waals surface area contributed by atoms with E-state index < -0.39 is 0 Å². The zero-order valence-electron chi connectivity index (χ0n) is 10.5. The van der Waals surface area contributed by atoms with Crippen LogP contribution in [-0.4, -0.2) is 22.3 Å². The summed E-state index contributed by atoms with van der Waals surface area (Å²) >= 11 is 0. The highest BCUT2D eigenvalue weighted by Crippen LogP contribution is 2.21. The Labute approximate surface area is 107 Å². The number of hydrogen-bond donors (Lipinski definition) is 1. The maximum Gasteiger partial charge on any atom is 0.201 e. The standard InChI is InChI=1S/C14H19N3O/c15-14-16-12-6-1-2-7-13(12)17(14)9-8-11-5-3-4-10-18-11/h1-2,6-7,11H,3-5,8-10H2,(H2,15,16). The molecule has 0 amide bonds. The highest BCUT2D eigenvalue weighted by atomic mass is 16.5. The molecule has 0 radical (unpaired) electrons. The van der Waals surface area contributed by atoms with E-state index in [0.29, 0.717) is 12.1 Å². The third-order valence-corrected chi connectivity index (χ3v) is 3.63. The number of ether oxygens (including phenoxy) is 1. The molecule has 0 bridgehead atoms. The van der Waals surface area contributed by atoms with Gasteiger partial charge >= 0.3 is 0 Å². The van der Waals surface area contributed by atoms with Crippen molar-refractivity contribution < 1.29 is 4.74 Å². The lowest BCUT2D eigenvalue weighted by molar-refractivity contribution is 0.00906. The minimum absolute atomic E-state index is 0.388. The van der Waals surface area contributed by atoms with Gasteiger partial charge in [-0.3, -0.25) is 0 Å². The number of anilines is 1. The van der Waals surface area contributed by atoms with Crippen LogP contribution in [0.5, 0.6) is 0 Å². The van der Waals surface area contributed by atoms with Gasteiger partial charge in [0.15, 0.2) is 0 Å². The van der Waals surface area contributed by atoms with Gasteiger partial charge in [0.25, 0.3) is 0 Å². The fourth-order valence-electron chi connectivity index (χ4n) is 2.64. The quantitative estimate of drug-likeness (QED) is 0.904. The van der Waals surface area contributed by atoms with Gasteiger partial charge in [-0.25, -0.2) is 4.98 Å². The molecule has 4 heteroatoms. The largest absolute Gasteiger partial charge is 0.378 e. The first kappa shape index (κ1) is 11.5. The van der Waals surface area contributed by atoms with Gasteiger partial charge in [-0.1, -0.05) is 12.1 Å². The van der Waals surface area contributed by atoms with Crippen molar-refractivity contribution in [3.63, 3.8) is 0 Å². The molecule has 0 spiro atoms. The van der Waals surface area contributed by atoms with Gasteiger partial charge in [0.2, 0.25) is 5.95 Å². The number of aryl methyl sites for hydroxylation is 1. The van der Waals surface area contributed by atoms with Crippen molar-refractivity contribution in [1.29, 1.82) is 0 Å². The summed E-state index contributed by atoms with van der Waals surface area (Å²) in [6.45, 7) is 1.79. The van der Waals surface area contributed by atoms with Gasteiger partial charge < -0.3 is 15.0 Å². The first-order chi connectivity index (χ1) is 8.84. The van der Waals surface area contributed by atoms with Crippen LogP contribution in [0.4, 0.5) is 5.95 Å². The smallest absolute Gasteiger partial charge is 0.201 e. The summed E-state index contributed by atoms with van der Waals surface area (Å²) < 4.78 is 7.84. The van der Waals surface area contributed by atoms with Crippen LogP contribution < -0.4 is 5.73 Å². The van der Waals surface area contributed by atoms with Crippen molar-refractivity contribution in [3.8, 4) is 0 Å². The summed E-state index contributed by atoms with van der Waals surface area (Å²) in [5.74, 6) is 0.604. The van der Waals surface area contributed by atoms with Crippen LogP contribution in [0.3, 0.4) is 0 Å². The number of hydrogen-bond acceptors (Lipinski definition) is 3. The molecule has 2 heterocycles. The molecule has 3 rings (SSSR count). The molecule has 2 aromatic rings. The zero-order chi connectivity index (χ0) is 12.4. The highest BCUT2D eigenvalue weighted by Gasteiger charge is 2.15. The van der Waals surface area contributed by atoms with Crippen molar-refractivity contribution in [2.45, 2.75) is 38.3 Å². The lowest BCUT2D eigenvalue weighted by Crippen LogP contribution is -2.21. The van der Waals surface area contributed by atoms with E-state index in [9.17, 15) is 0 Å². The van der Waals surface area contributed by atoms with Crippen molar-refractivity contribution in [1.82, 2.24) is 9.55 Å². The van der Waals surface area contributed by atoms with Crippen LogP contribution >= 0.6 is 0 Å². The summed E-state index contributed by atoms with van der Waals surface area (Å²) in [6, 6.07) is 8.08. The van der Waals surface area contributed by atoms with Crippen molar-refractivity contribution in [2.75, 3.05) is 12.3 Å². The molecule has 4 nitrogen and oxygen atoms in total. The molecular weight excluding hydrogens is 226 g/mol. The van der Waals surface area contributed by atoms with Crippen LogP contribution in [-0.2, 0) is 11.3 Å². The number of nitrogens with zero attached hydrogens (tertiary/aromatic N) is 2. The van der Waals surface area contributed by atoms with E-state index in [1.54, 1.807) is 0 Å². The molecule has 1 saturated heterocycles. The molecule has 0 aliphatic carbocycles. The van der Waals surface area contributed by atoms with Gasteiger partial charge in [-0.2, -0.15) is 0 Å². The Morgan fingerprint density at radius 2 is 2.22 bits per heavy atom. The predicted octanol–water partition coefficient (Wildman–Crippen LogP) is 2.58. The first-order valence-electron chi connectivity index (χ1n) is 6.67. The fourth-order valence-corrected chi connectivity index (χ4v) is 2.64. The van der Waals surface area contributed by atoms with Crippen molar-refractivity contribution >= 4 is 17.0 Å². The number of para-hydroxylation sites is 2. The summed E-state index contributed by atoms with van der Waals surface area (Å²) in [5.41, 5.74) is 8.07. The molecule has 1 aliphatic heterocycles. The second-order valence-electron chi connectivity index (χ2n) is 4.89. The Balaban J connectivity index is 1.75. The zero-order valence-corrected chi connectivity index (χ0v) is 10.5. The van der Waals surface area contributed by atoms with Crippen LogP contribution in [0.15, 0.2) is 24.3 Å². The third-order valence-electron chi connectivity index (χ3n) is 3.63. The van der Waals surface area contributed by atoms with Crippen LogP contribution in [0.2, 0.25) is 0 Å². The van der Waals surface area contributed by atoms with Crippen LogP contribution in [0.1, 0.15) is 25.7 Å². The van der Waals surface area contributed by atoms with Gasteiger partial charge in [-0.15, -0.1) is 0 Å². The molecule has 1 atom stereocenters. The molecule has 1 aromatic carbocycles. The number of rotatable bonds is 3. The van der Waals surface area contributed by atoms with Crippen LogP contribution in [0.25, 0.3) is 11.0 Å². The third kappa shape index (κ3) is 2.20. The first-order valence-corrected chi connectivity index (χ1v) is 6.67. The maximum absolute atomic E-state index is 5.98. The van der Waals surface area contributed by atoms with E-state index in [1.807, 2.05) is 18.2 Å². The predicted molar refractivity (Wildman–Crippen MR) is 72.4 cm³/mol. The lowest BCUT2D eigenvalue weighted by atomic mass is 10.1. The topological polar surface area (TPSA) is 53.1 Å². The number of benzene rings is 1. The summed E-state index contributed by atoms with van der Waals surface area (Å²) in [6.07, 6.45) is 5.06. The van der Waals surface area contributed by atoms with E-state index in [4.69, 9.17) is 10.5 Å². The normalized spacial score (nSPS) is 20.3. The molecule has 1 aliphatic rings. The van der Waals surface area contributed by atoms with E-state index in [1.165, 1.54) is 19.3 Å². The second kappa shape index (κ2) is 4.98. The molecule has 1 fully saturated rings. The minimum atomic E-state index is 0.388. The molecule has 1 unspecified atom stereocenters. The second-order valence-corrected chi connectivity index (χ2v) is 4.89. The summed E-state index contributed by atoms with van der Waals surface area (Å²) in [7, 11) is 0. The fraction of sp³-hybridized carbons (Fsp3) is 0.500. The maximum atomic E-state index is 5.98. The molecule has 1 aromatic heterocycles. The highest BCUT2D eigenvalue weighted by molar-refractivity contribution is 5.78. The van der Waals surface area contributed by atoms with Gasteiger partial charge in [0.1, 0.15) is 0 Å². The average molecular weight is 245 g/mol. The Morgan fingerprint density at radius 1 is 1.33 bits per heavy atom. The van der Waals surface area contributed by atoms with Gasteiger partial charge in [-0.05, 0) is 37.8 Å². The average Bonchev–Trinajstić information content (AvgIpc) is 2.73. The number of nitrogens with two attached hydrogens (primary N) is 1. The molecular formula is C14H19N3O. The van der Waals surface area contributed by atoms with Crippen LogP contribution in [0, 0.1) is 0 Å². The number of aromatic nitrogens is 2. The number of nitrogen functional groups attached to an aromatic ring is 1. The van der Waals surface area contributed by atoms with E-state index >= 15 is 0 Å². The molecule has 0 saturated carbocycles. The van der Waals surface area contributed by atoms with Gasteiger partial charge in [0.05, 0.1) is 17.1 Å².